The van der Waals surface area contributed by atoms with Gasteiger partial charge in [0.25, 0.3) is 5.69 Å². The number of hydrogen-bond donors (Lipinski definition) is 1. The van der Waals surface area contributed by atoms with Crippen LogP contribution in [-0.2, 0) is 15.4 Å². The number of sulfonamides is 1. The first-order valence-corrected chi connectivity index (χ1v) is 8.78. The maximum atomic E-state index is 11.3. The minimum absolute atomic E-state index is 0.0237. The van der Waals surface area contributed by atoms with Crippen LogP contribution in [0.5, 0.6) is 0 Å². The molecule has 1 heterocycles. The quantitative estimate of drug-likeness (QED) is 0.684. The van der Waals surface area contributed by atoms with Crippen molar-refractivity contribution in [3.05, 3.63) is 46.0 Å². The fourth-order valence-electron chi connectivity index (χ4n) is 2.10. The van der Waals surface area contributed by atoms with Gasteiger partial charge < -0.3 is 0 Å². The van der Waals surface area contributed by atoms with Crippen molar-refractivity contribution < 1.29 is 13.3 Å². The van der Waals surface area contributed by atoms with Crippen molar-refractivity contribution in [3.8, 4) is 10.4 Å². The Labute approximate surface area is 132 Å². The highest BCUT2D eigenvalue weighted by Gasteiger charge is 2.25. The standard InChI is InChI=1S/C14H16N2O4S2/c1-14(2,3)10-5-4-9(8-11(10)16(17)18)12-6-7-13(21-12)22(15,19)20/h4-8H,1-3H3,(H2,15,19,20). The van der Waals surface area contributed by atoms with Crippen LogP contribution >= 0.6 is 11.3 Å². The summed E-state index contributed by atoms with van der Waals surface area (Å²) >= 11 is 0.991. The minimum Gasteiger partial charge on any atom is -0.258 e. The van der Waals surface area contributed by atoms with E-state index in [9.17, 15) is 18.5 Å². The van der Waals surface area contributed by atoms with E-state index in [1.165, 1.54) is 12.1 Å². The molecule has 0 aliphatic rings. The second-order valence-electron chi connectivity index (χ2n) is 5.90. The van der Waals surface area contributed by atoms with Crippen molar-refractivity contribution in [2.24, 2.45) is 5.14 Å². The van der Waals surface area contributed by atoms with Gasteiger partial charge in [-0.05, 0) is 23.1 Å². The van der Waals surface area contributed by atoms with Crippen LogP contribution in [0.25, 0.3) is 10.4 Å². The lowest BCUT2D eigenvalue weighted by Gasteiger charge is -2.19. The molecule has 2 aromatic rings. The largest absolute Gasteiger partial charge is 0.273 e. The van der Waals surface area contributed by atoms with E-state index < -0.39 is 14.9 Å². The summed E-state index contributed by atoms with van der Waals surface area (Å²) in [5, 5.41) is 16.4. The number of rotatable bonds is 3. The molecule has 0 saturated carbocycles. The third kappa shape index (κ3) is 3.34. The Hall–Kier alpha value is -1.77. The molecule has 8 heteroatoms. The molecule has 0 atom stereocenters. The summed E-state index contributed by atoms with van der Waals surface area (Å²) in [4.78, 5) is 11.5. The predicted octanol–water partition coefficient (Wildman–Crippen LogP) is 3.27. The fourth-order valence-corrected chi connectivity index (χ4v) is 3.82. The molecule has 0 aliphatic heterocycles. The monoisotopic (exact) mass is 340 g/mol. The molecule has 0 bridgehead atoms. The van der Waals surface area contributed by atoms with Gasteiger partial charge in [0.2, 0.25) is 10.0 Å². The number of hydrogen-bond acceptors (Lipinski definition) is 5. The molecular formula is C14H16N2O4S2. The van der Waals surface area contributed by atoms with Crippen LogP contribution in [0, 0.1) is 10.1 Å². The summed E-state index contributed by atoms with van der Waals surface area (Å²) in [5.41, 5.74) is 0.891. The van der Waals surface area contributed by atoms with Crippen molar-refractivity contribution in [2.45, 2.75) is 30.4 Å². The van der Waals surface area contributed by atoms with Crippen molar-refractivity contribution in [1.29, 1.82) is 0 Å². The summed E-state index contributed by atoms with van der Waals surface area (Å²) in [6.07, 6.45) is 0. The Morgan fingerprint density at radius 2 is 1.82 bits per heavy atom. The van der Waals surface area contributed by atoms with Crippen molar-refractivity contribution >= 4 is 27.0 Å². The molecular weight excluding hydrogens is 324 g/mol. The molecule has 2 rings (SSSR count). The van der Waals surface area contributed by atoms with Gasteiger partial charge in [0.1, 0.15) is 4.21 Å². The highest BCUT2D eigenvalue weighted by molar-refractivity contribution is 7.91. The van der Waals surface area contributed by atoms with Crippen LogP contribution < -0.4 is 5.14 Å². The van der Waals surface area contributed by atoms with E-state index in [1.807, 2.05) is 20.8 Å². The van der Waals surface area contributed by atoms with Gasteiger partial charge >= 0.3 is 0 Å². The van der Waals surface area contributed by atoms with E-state index in [4.69, 9.17) is 5.14 Å². The lowest BCUT2D eigenvalue weighted by atomic mass is 9.85. The van der Waals surface area contributed by atoms with Gasteiger partial charge in [0.05, 0.1) is 4.92 Å². The first kappa shape index (κ1) is 16.6. The zero-order chi connectivity index (χ0) is 16.7. The van der Waals surface area contributed by atoms with Gasteiger partial charge in [-0.2, -0.15) is 0 Å². The number of thiophene rings is 1. The summed E-state index contributed by atoms with van der Waals surface area (Å²) in [6, 6.07) is 7.94. The summed E-state index contributed by atoms with van der Waals surface area (Å²) in [7, 11) is -3.76. The third-order valence-electron chi connectivity index (χ3n) is 3.15. The second-order valence-corrected chi connectivity index (χ2v) is 8.77. The molecule has 0 saturated heterocycles. The Balaban J connectivity index is 2.57. The highest BCUT2D eigenvalue weighted by atomic mass is 32.2. The number of primary sulfonamides is 1. The van der Waals surface area contributed by atoms with Crippen LogP contribution in [0.2, 0.25) is 0 Å². The van der Waals surface area contributed by atoms with Crippen LogP contribution in [0.4, 0.5) is 5.69 Å². The Kier molecular flexibility index (Phi) is 4.12. The van der Waals surface area contributed by atoms with Gasteiger partial charge in [-0.1, -0.05) is 32.9 Å². The molecule has 2 N–H and O–H groups in total. The van der Waals surface area contributed by atoms with Crippen molar-refractivity contribution in [3.63, 3.8) is 0 Å². The molecule has 118 valence electrons. The van der Waals surface area contributed by atoms with E-state index in [2.05, 4.69) is 0 Å². The normalized spacial score (nSPS) is 12.4. The lowest BCUT2D eigenvalue weighted by Crippen LogP contribution is -2.13. The Bertz CT molecular complexity index is 833. The third-order valence-corrected chi connectivity index (χ3v) is 5.72. The average Bonchev–Trinajstić information content (AvgIpc) is 2.86. The lowest BCUT2D eigenvalue weighted by molar-refractivity contribution is -0.385. The van der Waals surface area contributed by atoms with Gasteiger partial charge in [0.15, 0.2) is 0 Å². The summed E-state index contributed by atoms with van der Waals surface area (Å²) in [6.45, 7) is 5.71. The van der Waals surface area contributed by atoms with Crippen LogP contribution in [0.1, 0.15) is 26.3 Å². The number of benzene rings is 1. The SMILES string of the molecule is CC(C)(C)c1ccc(-c2ccc(S(N)(=O)=O)s2)cc1[N+](=O)[O-]. The van der Waals surface area contributed by atoms with E-state index in [1.54, 1.807) is 18.2 Å². The highest BCUT2D eigenvalue weighted by Crippen LogP contribution is 2.37. The van der Waals surface area contributed by atoms with E-state index in [0.717, 1.165) is 11.3 Å². The maximum Gasteiger partial charge on any atom is 0.273 e. The van der Waals surface area contributed by atoms with Crippen LogP contribution in [-0.4, -0.2) is 13.3 Å². The molecule has 0 unspecified atom stereocenters. The molecule has 1 aromatic heterocycles. The van der Waals surface area contributed by atoms with E-state index in [0.29, 0.717) is 16.0 Å². The average molecular weight is 340 g/mol. The smallest absolute Gasteiger partial charge is 0.258 e. The molecule has 1 aromatic carbocycles. The Morgan fingerprint density at radius 3 is 2.27 bits per heavy atom. The predicted molar refractivity (Wildman–Crippen MR) is 86.5 cm³/mol. The minimum atomic E-state index is -3.76. The van der Waals surface area contributed by atoms with Crippen LogP contribution in [0.15, 0.2) is 34.5 Å². The zero-order valence-corrected chi connectivity index (χ0v) is 14.0. The summed E-state index contributed by atoms with van der Waals surface area (Å²) < 4.78 is 22.7. The van der Waals surface area contributed by atoms with E-state index >= 15 is 0 Å². The topological polar surface area (TPSA) is 103 Å². The van der Waals surface area contributed by atoms with Crippen LogP contribution in [0.3, 0.4) is 0 Å². The first-order chi connectivity index (χ1) is 10.00. The Morgan fingerprint density at radius 1 is 1.18 bits per heavy atom. The van der Waals surface area contributed by atoms with E-state index in [-0.39, 0.29) is 15.3 Å². The number of nitrogens with zero attached hydrogens (tertiary/aromatic N) is 1. The molecule has 0 fully saturated rings. The number of nitrogens with two attached hydrogens (primary N) is 1. The first-order valence-electron chi connectivity index (χ1n) is 6.42. The number of nitro benzene ring substituents is 1. The molecule has 6 nitrogen and oxygen atoms in total. The number of nitro groups is 1. The van der Waals surface area contributed by atoms with Gasteiger partial charge in [-0.15, -0.1) is 11.3 Å². The summed E-state index contributed by atoms with van der Waals surface area (Å²) in [5.74, 6) is 0. The second kappa shape index (κ2) is 5.45. The van der Waals surface area contributed by atoms with Crippen molar-refractivity contribution in [1.82, 2.24) is 0 Å². The molecule has 0 aliphatic carbocycles. The molecule has 0 amide bonds. The molecule has 0 radical (unpaired) electrons. The fraction of sp³-hybridized carbons (Fsp3) is 0.286. The zero-order valence-electron chi connectivity index (χ0n) is 12.4. The molecule has 0 spiro atoms. The van der Waals surface area contributed by atoms with Gasteiger partial charge in [0, 0.05) is 16.5 Å². The van der Waals surface area contributed by atoms with Gasteiger partial charge in [-0.25, -0.2) is 13.6 Å². The van der Waals surface area contributed by atoms with Gasteiger partial charge in [-0.3, -0.25) is 10.1 Å². The van der Waals surface area contributed by atoms with Crippen molar-refractivity contribution in [2.75, 3.05) is 0 Å². The maximum absolute atomic E-state index is 11.3. The molecule has 22 heavy (non-hydrogen) atoms.